The molecule has 0 bridgehead atoms. The number of carbonyl (C=O) groups is 4. The van der Waals surface area contributed by atoms with Gasteiger partial charge in [-0.3, -0.25) is 29.4 Å². The van der Waals surface area contributed by atoms with Gasteiger partial charge in [0.25, 0.3) is 11.8 Å². The van der Waals surface area contributed by atoms with Crippen LogP contribution in [0.5, 0.6) is 0 Å². The molecule has 2 aliphatic heterocycles. The van der Waals surface area contributed by atoms with Crippen LogP contribution in [0.4, 0.5) is 18.9 Å². The first kappa shape index (κ1) is 30.3. The Balaban J connectivity index is 1.47. The number of rotatable bonds is 10. The number of amides is 4. The molecular weight excluding hydrogens is 561 g/mol. The van der Waals surface area contributed by atoms with Crippen LogP contribution in [0, 0.1) is 0 Å². The molecule has 41 heavy (non-hydrogen) atoms. The molecule has 1 atom stereocenters. The molecule has 0 radical (unpaired) electrons. The monoisotopic (exact) mass is 590 g/mol. The lowest BCUT2D eigenvalue weighted by Gasteiger charge is -2.33. The van der Waals surface area contributed by atoms with E-state index in [0.29, 0.717) is 17.8 Å². The van der Waals surface area contributed by atoms with Gasteiger partial charge in [0.05, 0.1) is 10.6 Å². The Hall–Kier alpha value is -3.70. The van der Waals surface area contributed by atoms with Crippen molar-refractivity contribution >= 4 is 40.9 Å². The molecule has 0 aliphatic carbocycles. The Morgan fingerprint density at radius 2 is 1.78 bits per heavy atom. The molecule has 218 valence electrons. The Bertz CT molecular complexity index is 1400. The van der Waals surface area contributed by atoms with Gasteiger partial charge in [-0.25, -0.2) is 0 Å². The molecule has 8 nitrogen and oxygen atoms in total. The molecule has 1 unspecified atom stereocenters. The van der Waals surface area contributed by atoms with Gasteiger partial charge in [0.2, 0.25) is 11.8 Å². The summed E-state index contributed by atoms with van der Waals surface area (Å²) in [6, 6.07) is 10.2. The van der Waals surface area contributed by atoms with Gasteiger partial charge in [-0.15, -0.1) is 0 Å². The van der Waals surface area contributed by atoms with Gasteiger partial charge in [-0.05, 0) is 54.7 Å². The second-order valence-electron chi connectivity index (χ2n) is 10.1. The van der Waals surface area contributed by atoms with Crippen LogP contribution in [0.3, 0.4) is 0 Å². The highest BCUT2D eigenvalue weighted by Crippen LogP contribution is 2.36. The zero-order valence-electron chi connectivity index (χ0n) is 22.5. The third-order valence-electron chi connectivity index (χ3n) is 7.71. The fraction of sp³-hybridized carbons (Fsp3) is 0.379. The number of piperidine rings is 1. The van der Waals surface area contributed by atoms with Crippen molar-refractivity contribution in [3.8, 4) is 0 Å². The SMILES string of the molecule is CCC(CC)(CNCc1ccc(Cl)c(C(F)(F)F)c1)c1cccc(NC2=CC(=O)N(C3CCC(=O)NC3=O)C2=O)c1. The van der Waals surface area contributed by atoms with Crippen LogP contribution in [0.25, 0.3) is 0 Å². The van der Waals surface area contributed by atoms with Crippen molar-refractivity contribution in [2.24, 2.45) is 0 Å². The maximum absolute atomic E-state index is 13.3. The van der Waals surface area contributed by atoms with Gasteiger partial charge in [0, 0.05) is 36.7 Å². The standard InChI is InChI=1S/C29H30ClF3N4O4/c1-3-28(4-2,16-34-15-17-8-9-21(30)20(12-17)29(31,32)33)18-6-5-7-19(13-18)35-22-14-25(39)37(27(22)41)23-10-11-24(38)36-26(23)40/h5-9,12-14,23,34-35H,3-4,10-11,15-16H2,1-2H3,(H,36,38,40). The molecule has 2 aromatic carbocycles. The van der Waals surface area contributed by atoms with Crippen LogP contribution in [0.2, 0.25) is 5.02 Å². The molecule has 3 N–H and O–H groups in total. The zero-order chi connectivity index (χ0) is 29.9. The molecule has 1 saturated heterocycles. The topological polar surface area (TPSA) is 108 Å². The van der Waals surface area contributed by atoms with Gasteiger partial charge >= 0.3 is 6.18 Å². The molecule has 0 saturated carbocycles. The average molecular weight is 591 g/mol. The summed E-state index contributed by atoms with van der Waals surface area (Å²) in [4.78, 5) is 50.2. The number of nitrogens with zero attached hydrogens (tertiary/aromatic N) is 1. The summed E-state index contributed by atoms with van der Waals surface area (Å²) >= 11 is 5.74. The second-order valence-corrected chi connectivity index (χ2v) is 10.6. The van der Waals surface area contributed by atoms with Crippen LogP contribution in [0.1, 0.15) is 56.2 Å². The lowest BCUT2D eigenvalue weighted by Crippen LogP contribution is -2.54. The smallest absolute Gasteiger partial charge is 0.351 e. The molecule has 2 heterocycles. The van der Waals surface area contributed by atoms with E-state index in [0.717, 1.165) is 35.4 Å². The van der Waals surface area contributed by atoms with Gasteiger partial charge < -0.3 is 10.6 Å². The first-order valence-electron chi connectivity index (χ1n) is 13.3. The fourth-order valence-corrected chi connectivity index (χ4v) is 5.46. The van der Waals surface area contributed by atoms with E-state index in [4.69, 9.17) is 11.6 Å². The van der Waals surface area contributed by atoms with Crippen LogP contribution in [0.15, 0.2) is 54.2 Å². The number of halogens is 4. The summed E-state index contributed by atoms with van der Waals surface area (Å²) < 4.78 is 39.8. The van der Waals surface area contributed by atoms with E-state index in [2.05, 4.69) is 16.0 Å². The van der Waals surface area contributed by atoms with Crippen LogP contribution < -0.4 is 16.0 Å². The minimum atomic E-state index is -4.54. The van der Waals surface area contributed by atoms with E-state index in [1.165, 1.54) is 6.07 Å². The Morgan fingerprint density at radius 1 is 1.05 bits per heavy atom. The van der Waals surface area contributed by atoms with Gasteiger partial charge in [-0.1, -0.05) is 43.6 Å². The van der Waals surface area contributed by atoms with Crippen molar-refractivity contribution in [2.45, 2.75) is 63.7 Å². The maximum Gasteiger partial charge on any atom is 0.417 e. The fourth-order valence-electron chi connectivity index (χ4n) is 5.24. The predicted octanol–water partition coefficient (Wildman–Crippen LogP) is 4.68. The zero-order valence-corrected chi connectivity index (χ0v) is 23.3. The number of hydrogen-bond acceptors (Lipinski definition) is 6. The minimum Gasteiger partial charge on any atom is -0.351 e. The molecule has 2 aliphatic rings. The first-order chi connectivity index (χ1) is 19.4. The number of anilines is 1. The molecule has 4 rings (SSSR count). The minimum absolute atomic E-state index is 0.0109. The van der Waals surface area contributed by atoms with E-state index >= 15 is 0 Å². The number of hydrogen-bond donors (Lipinski definition) is 3. The highest BCUT2D eigenvalue weighted by Gasteiger charge is 2.42. The number of alkyl halides is 3. The number of imide groups is 2. The summed E-state index contributed by atoms with van der Waals surface area (Å²) in [6.07, 6.45) is -1.88. The van der Waals surface area contributed by atoms with Crippen molar-refractivity contribution < 1.29 is 32.3 Å². The maximum atomic E-state index is 13.3. The molecule has 4 amide bonds. The predicted molar refractivity (Wildman–Crippen MR) is 147 cm³/mol. The van der Waals surface area contributed by atoms with Gasteiger partial charge in [0.15, 0.2) is 0 Å². The number of nitrogens with one attached hydrogen (secondary N) is 3. The van der Waals surface area contributed by atoms with E-state index < -0.39 is 41.4 Å². The third kappa shape index (κ3) is 6.46. The van der Waals surface area contributed by atoms with E-state index in [-0.39, 0.29) is 35.5 Å². The van der Waals surface area contributed by atoms with Crippen molar-refractivity contribution in [3.05, 3.63) is 76.0 Å². The summed E-state index contributed by atoms with van der Waals surface area (Å²) in [7, 11) is 0. The Labute approximate surface area is 240 Å². The molecule has 0 aromatic heterocycles. The largest absolute Gasteiger partial charge is 0.417 e. The highest BCUT2D eigenvalue weighted by molar-refractivity contribution is 6.31. The van der Waals surface area contributed by atoms with E-state index in [1.54, 1.807) is 12.1 Å². The summed E-state index contributed by atoms with van der Waals surface area (Å²) in [6.45, 7) is 4.72. The van der Waals surface area contributed by atoms with Crippen LogP contribution >= 0.6 is 11.6 Å². The molecule has 1 fully saturated rings. The van der Waals surface area contributed by atoms with E-state index in [1.807, 2.05) is 32.0 Å². The van der Waals surface area contributed by atoms with Crippen molar-refractivity contribution in [3.63, 3.8) is 0 Å². The van der Waals surface area contributed by atoms with Gasteiger partial charge in [-0.2, -0.15) is 13.2 Å². The van der Waals surface area contributed by atoms with E-state index in [9.17, 15) is 32.3 Å². The number of benzene rings is 2. The summed E-state index contributed by atoms with van der Waals surface area (Å²) in [5.74, 6) is -2.43. The second kappa shape index (κ2) is 12.0. The summed E-state index contributed by atoms with van der Waals surface area (Å²) in [5.41, 5.74) is 0.705. The molecule has 2 aromatic rings. The number of carbonyl (C=O) groups excluding carboxylic acids is 4. The summed E-state index contributed by atoms with van der Waals surface area (Å²) in [5, 5.41) is 8.09. The van der Waals surface area contributed by atoms with Crippen molar-refractivity contribution in [2.75, 3.05) is 11.9 Å². The average Bonchev–Trinajstić information content (AvgIpc) is 3.19. The molecular formula is C29H30ClF3N4O4. The third-order valence-corrected chi connectivity index (χ3v) is 8.04. The van der Waals surface area contributed by atoms with Crippen molar-refractivity contribution in [1.82, 2.24) is 15.5 Å². The van der Waals surface area contributed by atoms with Crippen LogP contribution in [-0.2, 0) is 37.3 Å². The molecule has 12 heteroatoms. The quantitative estimate of drug-likeness (QED) is 0.347. The first-order valence-corrected chi connectivity index (χ1v) is 13.6. The lowest BCUT2D eigenvalue weighted by atomic mass is 9.75. The normalized spacial score (nSPS) is 18.0. The Kier molecular flexibility index (Phi) is 8.89. The van der Waals surface area contributed by atoms with Gasteiger partial charge in [0.1, 0.15) is 11.7 Å². The Morgan fingerprint density at radius 3 is 2.44 bits per heavy atom. The molecule has 0 spiro atoms. The van der Waals surface area contributed by atoms with Crippen LogP contribution in [-0.4, -0.2) is 41.1 Å². The highest BCUT2D eigenvalue weighted by atomic mass is 35.5. The van der Waals surface area contributed by atoms with Crippen molar-refractivity contribution in [1.29, 1.82) is 0 Å². The lowest BCUT2D eigenvalue weighted by molar-refractivity contribution is -0.149.